The normalized spacial score (nSPS) is 18.7. The van der Waals surface area contributed by atoms with Crippen LogP contribution in [0.25, 0.3) is 0 Å². The molecule has 0 aliphatic carbocycles. The lowest BCUT2D eigenvalue weighted by Gasteiger charge is -2.42. The second-order valence-corrected chi connectivity index (χ2v) is 10.0. The quantitative estimate of drug-likeness (QED) is 0.248. The first-order valence-electron chi connectivity index (χ1n) is 12.9. The molecule has 1 fully saturated rings. The predicted molar refractivity (Wildman–Crippen MR) is 135 cm³/mol. The summed E-state index contributed by atoms with van der Waals surface area (Å²) in [6.07, 6.45) is 1.88. The Bertz CT molecular complexity index is 1180. The molecular weight excluding hydrogens is 536 g/mol. The number of halogens is 4. The van der Waals surface area contributed by atoms with Crippen LogP contribution in [0.3, 0.4) is 0 Å². The molecule has 1 heterocycles. The Morgan fingerprint density at radius 1 is 1.05 bits per heavy atom. The van der Waals surface area contributed by atoms with Gasteiger partial charge in [0.1, 0.15) is 18.4 Å². The highest BCUT2D eigenvalue weighted by molar-refractivity contribution is 5.94. The number of rotatable bonds is 13. The smallest absolute Gasteiger partial charge is 0.305 e. The van der Waals surface area contributed by atoms with Crippen molar-refractivity contribution in [2.45, 2.75) is 63.8 Å². The van der Waals surface area contributed by atoms with E-state index in [-0.39, 0.29) is 12.0 Å². The number of carboxylic acid groups (broad SMARTS) is 1. The van der Waals surface area contributed by atoms with Gasteiger partial charge in [0.05, 0.1) is 12.5 Å². The van der Waals surface area contributed by atoms with Crippen LogP contribution in [0.2, 0.25) is 0 Å². The van der Waals surface area contributed by atoms with Crippen LogP contribution in [0.15, 0.2) is 36.4 Å². The van der Waals surface area contributed by atoms with E-state index in [0.29, 0.717) is 19.4 Å². The summed E-state index contributed by atoms with van der Waals surface area (Å²) in [5.74, 6) is -12.2. The van der Waals surface area contributed by atoms with E-state index in [1.807, 2.05) is 30.3 Å². The topological polar surface area (TPSA) is 114 Å². The van der Waals surface area contributed by atoms with Crippen molar-refractivity contribution < 1.29 is 46.5 Å². The summed E-state index contributed by atoms with van der Waals surface area (Å²) in [6, 6.07) is 6.93. The number of aliphatic carboxylic acids is 1. The summed E-state index contributed by atoms with van der Waals surface area (Å²) in [5, 5.41) is 15.0. The summed E-state index contributed by atoms with van der Waals surface area (Å²) < 4.78 is 65.6. The number of Topliss-reactive ketones (excluding diaryl/α,β-unsaturated/α-hetero) is 1. The SMILES string of the molecule is CC(C)[C@H](NC1(Cc2ccccc2)CCCCO1)C(=O)N[C@@H](CC(=O)O)C(=O)COc1c(F)c(F)cc(F)c1F. The molecule has 1 aliphatic rings. The van der Waals surface area contributed by atoms with Crippen LogP contribution in [0.5, 0.6) is 5.75 Å². The number of hydrogen-bond donors (Lipinski definition) is 3. The van der Waals surface area contributed by atoms with E-state index < -0.39 is 77.5 Å². The molecule has 218 valence electrons. The molecule has 0 aromatic heterocycles. The van der Waals surface area contributed by atoms with E-state index in [9.17, 15) is 37.1 Å². The molecule has 12 heteroatoms. The molecular formula is C28H32F4N2O6. The van der Waals surface area contributed by atoms with Gasteiger partial charge >= 0.3 is 5.97 Å². The largest absolute Gasteiger partial charge is 0.481 e. The first-order chi connectivity index (χ1) is 18.9. The first-order valence-corrected chi connectivity index (χ1v) is 12.9. The minimum atomic E-state index is -1.86. The Morgan fingerprint density at radius 3 is 2.25 bits per heavy atom. The third-order valence-electron chi connectivity index (χ3n) is 6.57. The van der Waals surface area contributed by atoms with Gasteiger partial charge in [-0.1, -0.05) is 44.2 Å². The maximum absolute atomic E-state index is 13.9. The number of ketones is 1. The van der Waals surface area contributed by atoms with Crippen molar-refractivity contribution in [2.75, 3.05) is 13.2 Å². The van der Waals surface area contributed by atoms with Crippen LogP contribution < -0.4 is 15.4 Å². The van der Waals surface area contributed by atoms with Gasteiger partial charge in [0, 0.05) is 19.1 Å². The van der Waals surface area contributed by atoms with E-state index in [1.54, 1.807) is 13.8 Å². The van der Waals surface area contributed by atoms with Crippen LogP contribution in [0.1, 0.15) is 45.1 Å². The molecule has 0 radical (unpaired) electrons. The molecule has 8 nitrogen and oxygen atoms in total. The first kappa shape index (κ1) is 31.0. The van der Waals surface area contributed by atoms with Crippen LogP contribution in [-0.4, -0.2) is 53.8 Å². The summed E-state index contributed by atoms with van der Waals surface area (Å²) in [6.45, 7) is 2.84. The lowest BCUT2D eigenvalue weighted by atomic mass is 9.91. The van der Waals surface area contributed by atoms with Crippen molar-refractivity contribution in [2.24, 2.45) is 5.92 Å². The van der Waals surface area contributed by atoms with E-state index in [0.717, 1.165) is 18.4 Å². The van der Waals surface area contributed by atoms with Crippen LogP contribution in [0, 0.1) is 29.2 Å². The Kier molecular flexibility index (Phi) is 10.6. The van der Waals surface area contributed by atoms with E-state index >= 15 is 0 Å². The van der Waals surface area contributed by atoms with Crippen molar-refractivity contribution in [1.29, 1.82) is 0 Å². The summed E-state index contributed by atoms with van der Waals surface area (Å²) >= 11 is 0. The van der Waals surface area contributed by atoms with Crippen molar-refractivity contribution >= 4 is 17.7 Å². The minimum absolute atomic E-state index is 0.0214. The number of hydrogen-bond acceptors (Lipinski definition) is 6. The van der Waals surface area contributed by atoms with Gasteiger partial charge in [-0.3, -0.25) is 19.7 Å². The van der Waals surface area contributed by atoms with Crippen LogP contribution >= 0.6 is 0 Å². The van der Waals surface area contributed by atoms with E-state index in [2.05, 4.69) is 15.4 Å². The van der Waals surface area contributed by atoms with Gasteiger partial charge in [0.25, 0.3) is 0 Å². The van der Waals surface area contributed by atoms with E-state index in [1.165, 1.54) is 0 Å². The highest BCUT2D eigenvalue weighted by Crippen LogP contribution is 2.29. The highest BCUT2D eigenvalue weighted by atomic mass is 19.2. The molecule has 1 amide bonds. The fourth-order valence-corrected chi connectivity index (χ4v) is 4.50. The molecule has 3 atom stereocenters. The maximum atomic E-state index is 13.9. The summed E-state index contributed by atoms with van der Waals surface area (Å²) in [7, 11) is 0. The lowest BCUT2D eigenvalue weighted by Crippen LogP contribution is -2.62. The molecule has 0 spiro atoms. The predicted octanol–water partition coefficient (Wildman–Crippen LogP) is 3.90. The second-order valence-electron chi connectivity index (χ2n) is 10.0. The van der Waals surface area contributed by atoms with Crippen LogP contribution in [0.4, 0.5) is 17.6 Å². The monoisotopic (exact) mass is 568 g/mol. The highest BCUT2D eigenvalue weighted by Gasteiger charge is 2.39. The molecule has 1 unspecified atom stereocenters. The molecule has 0 saturated carbocycles. The Hall–Kier alpha value is -3.51. The molecule has 2 aromatic rings. The zero-order valence-electron chi connectivity index (χ0n) is 22.1. The number of carbonyl (C=O) groups excluding carboxylic acids is 2. The van der Waals surface area contributed by atoms with Gasteiger partial charge in [-0.15, -0.1) is 0 Å². The van der Waals surface area contributed by atoms with Crippen molar-refractivity contribution in [3.05, 3.63) is 65.2 Å². The van der Waals surface area contributed by atoms with Gasteiger partial charge in [0.15, 0.2) is 23.2 Å². The number of nitrogens with one attached hydrogen (secondary N) is 2. The van der Waals surface area contributed by atoms with Gasteiger partial charge in [-0.25, -0.2) is 8.78 Å². The standard InChI is InChI=1S/C28H32F4N2O6/c1-16(2)25(34-28(10-6-7-11-40-28)14-17-8-4-3-5-9-17)27(38)33-20(13-22(36)37)21(35)15-39-26-23(31)18(29)12-19(30)24(26)32/h3-5,8-9,12,16,20,25,34H,6-7,10-11,13-15H2,1-2H3,(H,33,38)(H,36,37)/t20-,25-,28?/m0/s1. The van der Waals surface area contributed by atoms with Gasteiger partial charge in [0.2, 0.25) is 17.5 Å². The van der Waals surface area contributed by atoms with Crippen molar-refractivity contribution in [3.63, 3.8) is 0 Å². The number of benzene rings is 2. The Balaban J connectivity index is 1.77. The third kappa shape index (κ3) is 8.01. The minimum Gasteiger partial charge on any atom is -0.481 e. The van der Waals surface area contributed by atoms with Gasteiger partial charge < -0.3 is 19.9 Å². The number of carboxylic acids is 1. The third-order valence-corrected chi connectivity index (χ3v) is 6.57. The maximum Gasteiger partial charge on any atom is 0.305 e. The summed E-state index contributed by atoms with van der Waals surface area (Å²) in [4.78, 5) is 37.6. The zero-order valence-corrected chi connectivity index (χ0v) is 22.1. The average Bonchev–Trinajstić information content (AvgIpc) is 2.90. The molecule has 3 rings (SSSR count). The van der Waals surface area contributed by atoms with Crippen LogP contribution in [-0.2, 0) is 25.5 Å². The molecule has 3 N–H and O–H groups in total. The summed E-state index contributed by atoms with van der Waals surface area (Å²) in [5.41, 5.74) is 0.0850. The number of ether oxygens (including phenoxy) is 2. The average molecular weight is 569 g/mol. The van der Waals surface area contributed by atoms with E-state index in [4.69, 9.17) is 4.74 Å². The zero-order chi connectivity index (χ0) is 29.4. The molecule has 1 saturated heterocycles. The Morgan fingerprint density at radius 2 is 1.70 bits per heavy atom. The van der Waals surface area contributed by atoms with Crippen molar-refractivity contribution in [1.82, 2.24) is 10.6 Å². The lowest BCUT2D eigenvalue weighted by molar-refractivity contribution is -0.142. The molecule has 0 bridgehead atoms. The fourth-order valence-electron chi connectivity index (χ4n) is 4.50. The number of carbonyl (C=O) groups is 3. The second kappa shape index (κ2) is 13.7. The van der Waals surface area contributed by atoms with Gasteiger partial charge in [-0.05, 0) is 30.7 Å². The molecule has 40 heavy (non-hydrogen) atoms. The molecule has 2 aromatic carbocycles. The van der Waals surface area contributed by atoms with Crippen molar-refractivity contribution in [3.8, 4) is 5.75 Å². The number of amides is 1. The van der Waals surface area contributed by atoms with Gasteiger partial charge in [-0.2, -0.15) is 8.78 Å². The molecule has 1 aliphatic heterocycles. The Labute approximate surface area is 229 Å². The fraction of sp³-hybridized carbons (Fsp3) is 0.464.